The maximum absolute atomic E-state index is 12.7. The molecule has 1 amide bonds. The van der Waals surface area contributed by atoms with E-state index >= 15 is 0 Å². The number of carbonyl (C=O) groups excluding carboxylic acids is 1. The van der Waals surface area contributed by atoms with Crippen LogP contribution in [0.3, 0.4) is 0 Å². The van der Waals surface area contributed by atoms with Gasteiger partial charge in [-0.05, 0) is 51.9 Å². The topological polar surface area (TPSA) is 75.4 Å². The first-order valence-electron chi connectivity index (χ1n) is 7.60. The lowest BCUT2D eigenvalue weighted by Crippen LogP contribution is -2.61. The standard InChI is InChI=1S/C16H32N2O2/c1-10-12(17)9-8-11(14(10,2)3)13(19)18-15(4,5)16(6,7)20/h10-12,20H,8-9,17H2,1-7H3,(H,18,19). The van der Waals surface area contributed by atoms with Gasteiger partial charge in [-0.3, -0.25) is 4.79 Å². The number of rotatable bonds is 3. The summed E-state index contributed by atoms with van der Waals surface area (Å²) in [5.74, 6) is 0.275. The molecule has 4 N–H and O–H groups in total. The minimum absolute atomic E-state index is 0.0286. The van der Waals surface area contributed by atoms with Crippen LogP contribution in [0, 0.1) is 17.3 Å². The van der Waals surface area contributed by atoms with E-state index in [-0.39, 0.29) is 23.3 Å². The molecule has 4 heteroatoms. The molecule has 3 unspecified atom stereocenters. The van der Waals surface area contributed by atoms with Crippen molar-refractivity contribution in [3.63, 3.8) is 0 Å². The Hall–Kier alpha value is -0.610. The van der Waals surface area contributed by atoms with E-state index in [2.05, 4.69) is 26.1 Å². The number of aliphatic hydroxyl groups is 1. The van der Waals surface area contributed by atoms with Crippen LogP contribution in [0.15, 0.2) is 0 Å². The van der Waals surface area contributed by atoms with Crippen molar-refractivity contribution in [1.82, 2.24) is 5.32 Å². The summed E-state index contributed by atoms with van der Waals surface area (Å²) in [6, 6.07) is 0.163. The molecule has 0 spiro atoms. The van der Waals surface area contributed by atoms with Gasteiger partial charge in [-0.25, -0.2) is 0 Å². The van der Waals surface area contributed by atoms with Crippen molar-refractivity contribution in [3.8, 4) is 0 Å². The molecular formula is C16H32N2O2. The molecule has 0 aromatic heterocycles. The van der Waals surface area contributed by atoms with Gasteiger partial charge in [0, 0.05) is 12.0 Å². The molecule has 0 aliphatic heterocycles. The number of nitrogens with one attached hydrogen (secondary N) is 1. The first kappa shape index (κ1) is 17.4. The molecular weight excluding hydrogens is 252 g/mol. The maximum Gasteiger partial charge on any atom is 0.224 e. The van der Waals surface area contributed by atoms with Crippen molar-refractivity contribution in [1.29, 1.82) is 0 Å². The lowest BCUT2D eigenvalue weighted by atomic mass is 9.60. The second-order valence-corrected chi connectivity index (χ2v) is 8.08. The van der Waals surface area contributed by atoms with Gasteiger partial charge in [0.05, 0.1) is 11.1 Å². The van der Waals surface area contributed by atoms with Crippen molar-refractivity contribution >= 4 is 5.91 Å². The highest BCUT2D eigenvalue weighted by Gasteiger charge is 2.47. The molecule has 1 aliphatic rings. The molecule has 1 fully saturated rings. The van der Waals surface area contributed by atoms with Gasteiger partial charge in [0.1, 0.15) is 0 Å². The molecule has 4 nitrogen and oxygen atoms in total. The van der Waals surface area contributed by atoms with Crippen molar-refractivity contribution in [2.75, 3.05) is 0 Å². The Morgan fingerprint density at radius 3 is 2.20 bits per heavy atom. The summed E-state index contributed by atoms with van der Waals surface area (Å²) in [5.41, 5.74) is 4.38. The minimum Gasteiger partial charge on any atom is -0.388 e. The van der Waals surface area contributed by atoms with Crippen LogP contribution in [0.25, 0.3) is 0 Å². The van der Waals surface area contributed by atoms with Crippen LogP contribution in [0.5, 0.6) is 0 Å². The molecule has 0 aromatic rings. The highest BCUT2D eigenvalue weighted by Crippen LogP contribution is 2.44. The van der Waals surface area contributed by atoms with Crippen molar-refractivity contribution < 1.29 is 9.90 Å². The van der Waals surface area contributed by atoms with E-state index in [1.807, 2.05) is 13.8 Å². The van der Waals surface area contributed by atoms with Gasteiger partial charge in [-0.2, -0.15) is 0 Å². The quantitative estimate of drug-likeness (QED) is 0.742. The van der Waals surface area contributed by atoms with Crippen LogP contribution in [-0.4, -0.2) is 28.2 Å². The first-order chi connectivity index (χ1) is 8.80. The zero-order valence-corrected chi connectivity index (χ0v) is 14.1. The summed E-state index contributed by atoms with van der Waals surface area (Å²) in [4.78, 5) is 12.7. The van der Waals surface area contributed by atoms with Crippen molar-refractivity contribution in [3.05, 3.63) is 0 Å². The predicted octanol–water partition coefficient (Wildman–Crippen LogP) is 2.05. The lowest BCUT2D eigenvalue weighted by Gasteiger charge is -2.47. The summed E-state index contributed by atoms with van der Waals surface area (Å²) in [5, 5.41) is 13.2. The Kier molecular flexibility index (Phi) is 4.62. The molecule has 1 rings (SSSR count). The van der Waals surface area contributed by atoms with Gasteiger partial charge >= 0.3 is 0 Å². The summed E-state index contributed by atoms with van der Waals surface area (Å²) < 4.78 is 0. The Morgan fingerprint density at radius 1 is 1.25 bits per heavy atom. The highest BCUT2D eigenvalue weighted by molar-refractivity contribution is 5.80. The number of nitrogens with two attached hydrogens (primary N) is 1. The fourth-order valence-corrected chi connectivity index (χ4v) is 2.87. The van der Waals surface area contributed by atoms with E-state index in [0.29, 0.717) is 5.92 Å². The molecule has 0 heterocycles. The fraction of sp³-hybridized carbons (Fsp3) is 0.938. The van der Waals surface area contributed by atoms with E-state index in [4.69, 9.17) is 5.73 Å². The zero-order valence-electron chi connectivity index (χ0n) is 14.1. The van der Waals surface area contributed by atoms with Crippen molar-refractivity contribution in [2.45, 2.75) is 78.5 Å². The molecule has 0 saturated heterocycles. The fourth-order valence-electron chi connectivity index (χ4n) is 2.87. The Balaban J connectivity index is 2.88. The van der Waals surface area contributed by atoms with Crippen LogP contribution in [0.1, 0.15) is 61.3 Å². The minimum atomic E-state index is -0.969. The lowest BCUT2D eigenvalue weighted by molar-refractivity contribution is -0.137. The Labute approximate surface area is 123 Å². The number of hydrogen-bond acceptors (Lipinski definition) is 3. The summed E-state index contributed by atoms with van der Waals surface area (Å²) in [6.07, 6.45) is 1.69. The van der Waals surface area contributed by atoms with Gasteiger partial charge in [0.2, 0.25) is 5.91 Å². The van der Waals surface area contributed by atoms with Crippen LogP contribution in [-0.2, 0) is 4.79 Å². The smallest absolute Gasteiger partial charge is 0.224 e. The van der Waals surface area contributed by atoms with Crippen LogP contribution >= 0.6 is 0 Å². The van der Waals surface area contributed by atoms with E-state index in [0.717, 1.165) is 12.8 Å². The molecule has 0 aromatic carbocycles. The molecule has 1 aliphatic carbocycles. The Morgan fingerprint density at radius 2 is 1.75 bits per heavy atom. The normalized spacial score (nSPS) is 30.9. The molecule has 20 heavy (non-hydrogen) atoms. The zero-order chi connectivity index (χ0) is 15.9. The predicted molar refractivity (Wildman–Crippen MR) is 82.2 cm³/mol. The summed E-state index contributed by atoms with van der Waals surface area (Å²) >= 11 is 0. The number of carbonyl (C=O) groups is 1. The number of hydrogen-bond donors (Lipinski definition) is 3. The van der Waals surface area contributed by atoms with E-state index < -0.39 is 11.1 Å². The average Bonchev–Trinajstić information content (AvgIpc) is 2.23. The molecule has 0 bridgehead atoms. The van der Waals surface area contributed by atoms with Gasteiger partial charge < -0.3 is 16.2 Å². The van der Waals surface area contributed by atoms with E-state index in [9.17, 15) is 9.90 Å². The third kappa shape index (κ3) is 3.17. The molecule has 1 saturated carbocycles. The summed E-state index contributed by atoms with van der Waals surface area (Å²) in [7, 11) is 0. The number of amides is 1. The second-order valence-electron chi connectivity index (χ2n) is 8.08. The van der Waals surface area contributed by atoms with E-state index in [1.54, 1.807) is 13.8 Å². The highest BCUT2D eigenvalue weighted by atomic mass is 16.3. The van der Waals surface area contributed by atoms with Crippen LogP contribution in [0.2, 0.25) is 0 Å². The maximum atomic E-state index is 12.7. The van der Waals surface area contributed by atoms with Gasteiger partial charge in [0.25, 0.3) is 0 Å². The average molecular weight is 284 g/mol. The SMILES string of the molecule is CC1C(N)CCC(C(=O)NC(C)(C)C(C)(C)O)C1(C)C. The molecule has 118 valence electrons. The van der Waals surface area contributed by atoms with E-state index in [1.165, 1.54) is 0 Å². The monoisotopic (exact) mass is 284 g/mol. The third-order valence-corrected chi connectivity index (χ3v) is 5.78. The first-order valence-corrected chi connectivity index (χ1v) is 7.60. The molecule has 0 radical (unpaired) electrons. The van der Waals surface area contributed by atoms with Gasteiger partial charge in [-0.1, -0.05) is 20.8 Å². The van der Waals surface area contributed by atoms with Gasteiger partial charge in [0.15, 0.2) is 0 Å². The second kappa shape index (κ2) is 5.30. The third-order valence-electron chi connectivity index (χ3n) is 5.78. The Bertz CT molecular complexity index is 369. The van der Waals surface area contributed by atoms with Crippen LogP contribution in [0.4, 0.5) is 0 Å². The molecule has 3 atom stereocenters. The summed E-state index contributed by atoms with van der Waals surface area (Å²) in [6.45, 7) is 13.5. The van der Waals surface area contributed by atoms with Crippen LogP contribution < -0.4 is 11.1 Å². The largest absolute Gasteiger partial charge is 0.388 e. The van der Waals surface area contributed by atoms with Crippen molar-refractivity contribution in [2.24, 2.45) is 23.0 Å². The van der Waals surface area contributed by atoms with Gasteiger partial charge in [-0.15, -0.1) is 0 Å².